The number of hydrogen-bond donors (Lipinski definition) is 1. The monoisotopic (exact) mass is 275 g/mol. The molecule has 1 aromatic rings. The highest BCUT2D eigenvalue weighted by Crippen LogP contribution is 2.37. The van der Waals surface area contributed by atoms with Crippen LogP contribution in [0.5, 0.6) is 0 Å². The zero-order valence-electron chi connectivity index (χ0n) is 13.3. The number of aliphatic hydroxyl groups excluding tert-OH is 1. The molecule has 0 saturated heterocycles. The van der Waals surface area contributed by atoms with E-state index in [1.165, 1.54) is 12.8 Å². The van der Waals surface area contributed by atoms with Crippen LogP contribution in [0.4, 0.5) is 0 Å². The van der Waals surface area contributed by atoms with Crippen LogP contribution in [0.2, 0.25) is 0 Å². The summed E-state index contributed by atoms with van der Waals surface area (Å²) in [6.07, 6.45) is 2.24. The van der Waals surface area contributed by atoms with E-state index in [0.29, 0.717) is 5.92 Å². The molecular formula is C18H29NO. The van der Waals surface area contributed by atoms with E-state index >= 15 is 0 Å². The van der Waals surface area contributed by atoms with Gasteiger partial charge in [0, 0.05) is 24.5 Å². The van der Waals surface area contributed by atoms with E-state index in [4.69, 9.17) is 0 Å². The van der Waals surface area contributed by atoms with E-state index in [2.05, 4.69) is 32.6 Å². The van der Waals surface area contributed by atoms with Gasteiger partial charge in [-0.2, -0.15) is 0 Å². The third-order valence-electron chi connectivity index (χ3n) is 4.13. The molecule has 0 spiro atoms. The van der Waals surface area contributed by atoms with Crippen LogP contribution in [0.15, 0.2) is 30.3 Å². The van der Waals surface area contributed by atoms with Gasteiger partial charge < -0.3 is 5.11 Å². The van der Waals surface area contributed by atoms with Crippen molar-refractivity contribution in [2.24, 2.45) is 11.3 Å². The van der Waals surface area contributed by atoms with Gasteiger partial charge in [-0.3, -0.25) is 4.90 Å². The lowest BCUT2D eigenvalue weighted by Gasteiger charge is -2.37. The number of hydrogen-bond acceptors (Lipinski definition) is 2. The van der Waals surface area contributed by atoms with E-state index in [9.17, 15) is 5.11 Å². The molecular weight excluding hydrogens is 246 g/mol. The first kappa shape index (κ1) is 15.5. The van der Waals surface area contributed by atoms with Crippen LogP contribution in [0.3, 0.4) is 0 Å². The minimum atomic E-state index is -0.405. The van der Waals surface area contributed by atoms with E-state index in [1.54, 1.807) is 0 Å². The summed E-state index contributed by atoms with van der Waals surface area (Å²) in [5.41, 5.74) is 0.900. The van der Waals surface area contributed by atoms with Crippen molar-refractivity contribution in [3.63, 3.8) is 0 Å². The van der Waals surface area contributed by atoms with Crippen molar-refractivity contribution in [2.75, 3.05) is 13.1 Å². The summed E-state index contributed by atoms with van der Waals surface area (Å²) in [6, 6.07) is 10.8. The normalized spacial score (nSPS) is 17.8. The standard InChI is InChI=1S/C18H29NO/c1-14(2)12-19(16-10-11-16)13-18(3,4)17(20)15-8-6-5-7-9-15/h5-9,14,16-17,20H,10-13H2,1-4H3. The Bertz CT molecular complexity index is 409. The molecule has 0 aromatic heterocycles. The fourth-order valence-electron chi connectivity index (χ4n) is 2.95. The van der Waals surface area contributed by atoms with Gasteiger partial charge >= 0.3 is 0 Å². The highest BCUT2D eigenvalue weighted by Gasteiger charge is 2.36. The van der Waals surface area contributed by atoms with Crippen molar-refractivity contribution in [3.05, 3.63) is 35.9 Å². The molecule has 2 rings (SSSR count). The predicted octanol–water partition coefficient (Wildman–Crippen LogP) is 3.87. The Morgan fingerprint density at radius 2 is 1.80 bits per heavy atom. The highest BCUT2D eigenvalue weighted by atomic mass is 16.3. The molecule has 1 aromatic carbocycles. The Balaban J connectivity index is 2.04. The fourth-order valence-corrected chi connectivity index (χ4v) is 2.95. The Kier molecular flexibility index (Phi) is 4.87. The van der Waals surface area contributed by atoms with E-state index < -0.39 is 6.10 Å². The van der Waals surface area contributed by atoms with Crippen LogP contribution in [-0.2, 0) is 0 Å². The van der Waals surface area contributed by atoms with Crippen molar-refractivity contribution >= 4 is 0 Å². The SMILES string of the molecule is CC(C)CN(CC(C)(C)C(O)c1ccccc1)C1CC1. The molecule has 112 valence electrons. The third-order valence-corrected chi connectivity index (χ3v) is 4.13. The van der Waals surface area contributed by atoms with Gasteiger partial charge in [-0.1, -0.05) is 58.0 Å². The van der Waals surface area contributed by atoms with Crippen LogP contribution in [-0.4, -0.2) is 29.1 Å². The molecule has 0 aliphatic heterocycles. The zero-order chi connectivity index (χ0) is 14.8. The molecule has 0 heterocycles. The summed E-state index contributed by atoms with van der Waals surface area (Å²) in [7, 11) is 0. The van der Waals surface area contributed by atoms with Gasteiger partial charge in [-0.15, -0.1) is 0 Å². The minimum absolute atomic E-state index is 0.126. The van der Waals surface area contributed by atoms with Gasteiger partial charge in [-0.05, 0) is 24.3 Å². The molecule has 1 aliphatic rings. The van der Waals surface area contributed by atoms with Gasteiger partial charge in [0.1, 0.15) is 0 Å². The van der Waals surface area contributed by atoms with Crippen molar-refractivity contribution in [2.45, 2.75) is 52.7 Å². The highest BCUT2D eigenvalue weighted by molar-refractivity contribution is 5.19. The van der Waals surface area contributed by atoms with Gasteiger partial charge in [0.15, 0.2) is 0 Å². The van der Waals surface area contributed by atoms with Gasteiger partial charge in [0.2, 0.25) is 0 Å². The van der Waals surface area contributed by atoms with Gasteiger partial charge in [-0.25, -0.2) is 0 Å². The average molecular weight is 275 g/mol. The smallest absolute Gasteiger partial charge is 0.0853 e. The Morgan fingerprint density at radius 3 is 2.30 bits per heavy atom. The van der Waals surface area contributed by atoms with Crippen molar-refractivity contribution in [3.8, 4) is 0 Å². The Labute approximate surface area is 123 Å². The lowest BCUT2D eigenvalue weighted by molar-refractivity contribution is 0.0154. The third kappa shape index (κ3) is 4.07. The molecule has 0 radical (unpaired) electrons. The maximum Gasteiger partial charge on any atom is 0.0853 e. The summed E-state index contributed by atoms with van der Waals surface area (Å²) in [6.45, 7) is 11.0. The predicted molar refractivity (Wildman–Crippen MR) is 84.6 cm³/mol. The Hall–Kier alpha value is -0.860. The Morgan fingerprint density at radius 1 is 1.20 bits per heavy atom. The zero-order valence-corrected chi connectivity index (χ0v) is 13.3. The summed E-state index contributed by atoms with van der Waals surface area (Å²) in [5, 5.41) is 10.7. The first-order valence-corrected chi connectivity index (χ1v) is 7.87. The average Bonchev–Trinajstić information content (AvgIpc) is 3.21. The van der Waals surface area contributed by atoms with Crippen LogP contribution >= 0.6 is 0 Å². The quantitative estimate of drug-likeness (QED) is 0.816. The van der Waals surface area contributed by atoms with E-state index in [0.717, 1.165) is 24.7 Å². The molecule has 20 heavy (non-hydrogen) atoms. The molecule has 2 heteroatoms. The molecule has 0 amide bonds. The molecule has 1 fully saturated rings. The summed E-state index contributed by atoms with van der Waals surface area (Å²) in [5.74, 6) is 0.681. The van der Waals surface area contributed by atoms with Gasteiger partial charge in [0.05, 0.1) is 6.10 Å². The lowest BCUT2D eigenvalue weighted by Crippen LogP contribution is -2.41. The fraction of sp³-hybridized carbons (Fsp3) is 0.667. The molecule has 1 unspecified atom stereocenters. The van der Waals surface area contributed by atoms with Crippen LogP contribution in [0.1, 0.15) is 52.2 Å². The summed E-state index contributed by atoms with van der Waals surface area (Å²) in [4.78, 5) is 2.58. The van der Waals surface area contributed by atoms with E-state index in [-0.39, 0.29) is 5.41 Å². The van der Waals surface area contributed by atoms with Crippen LogP contribution in [0, 0.1) is 11.3 Å². The number of aliphatic hydroxyl groups is 1. The first-order valence-electron chi connectivity index (χ1n) is 7.87. The maximum atomic E-state index is 10.7. The minimum Gasteiger partial charge on any atom is -0.388 e. The first-order chi connectivity index (χ1) is 9.40. The lowest BCUT2D eigenvalue weighted by atomic mass is 9.82. The molecule has 1 atom stereocenters. The molecule has 1 saturated carbocycles. The van der Waals surface area contributed by atoms with Crippen molar-refractivity contribution < 1.29 is 5.11 Å². The summed E-state index contributed by atoms with van der Waals surface area (Å²) >= 11 is 0. The molecule has 0 bridgehead atoms. The van der Waals surface area contributed by atoms with Crippen molar-refractivity contribution in [1.82, 2.24) is 4.90 Å². The largest absolute Gasteiger partial charge is 0.388 e. The number of benzene rings is 1. The summed E-state index contributed by atoms with van der Waals surface area (Å²) < 4.78 is 0. The second-order valence-corrected chi connectivity index (χ2v) is 7.36. The van der Waals surface area contributed by atoms with Crippen LogP contribution in [0.25, 0.3) is 0 Å². The second kappa shape index (κ2) is 6.28. The van der Waals surface area contributed by atoms with Crippen LogP contribution < -0.4 is 0 Å². The van der Waals surface area contributed by atoms with E-state index in [1.807, 2.05) is 30.3 Å². The molecule has 1 N–H and O–H groups in total. The maximum absolute atomic E-state index is 10.7. The van der Waals surface area contributed by atoms with Gasteiger partial charge in [0.25, 0.3) is 0 Å². The second-order valence-electron chi connectivity index (χ2n) is 7.36. The molecule has 1 aliphatic carbocycles. The van der Waals surface area contributed by atoms with Crippen molar-refractivity contribution in [1.29, 1.82) is 0 Å². The molecule has 2 nitrogen and oxygen atoms in total. The number of nitrogens with zero attached hydrogens (tertiary/aromatic N) is 1. The topological polar surface area (TPSA) is 23.5 Å². The number of rotatable bonds is 7.